The molecular weight excluding hydrogens is 432 g/mol. The van der Waals surface area contributed by atoms with Crippen LogP contribution in [0, 0.1) is 6.92 Å². The van der Waals surface area contributed by atoms with Gasteiger partial charge in [0.2, 0.25) is 0 Å². The Bertz CT molecular complexity index is 1330. The van der Waals surface area contributed by atoms with Gasteiger partial charge in [0, 0.05) is 35.0 Å². The molecule has 0 saturated carbocycles. The van der Waals surface area contributed by atoms with Crippen LogP contribution in [0.25, 0.3) is 15.9 Å². The predicted molar refractivity (Wildman–Crippen MR) is 117 cm³/mol. The molecule has 0 aliphatic carbocycles. The van der Waals surface area contributed by atoms with Crippen molar-refractivity contribution in [2.45, 2.75) is 24.4 Å². The van der Waals surface area contributed by atoms with E-state index in [4.69, 9.17) is 16.3 Å². The lowest BCUT2D eigenvalue weighted by atomic mass is 10.2. The highest BCUT2D eigenvalue weighted by Crippen LogP contribution is 2.23. The average Bonchev–Trinajstić information content (AvgIpc) is 3.07. The van der Waals surface area contributed by atoms with Gasteiger partial charge in [-0.3, -0.25) is 18.6 Å². The van der Waals surface area contributed by atoms with Gasteiger partial charge < -0.3 is 4.74 Å². The molecule has 0 radical (unpaired) electrons. The fourth-order valence-electron chi connectivity index (χ4n) is 2.98. The third-order valence-electron chi connectivity index (χ3n) is 4.38. The summed E-state index contributed by atoms with van der Waals surface area (Å²) in [5.41, 5.74) is 1.78. The Morgan fingerprint density at radius 2 is 2.07 bits per heavy atom. The molecule has 3 heterocycles. The maximum atomic E-state index is 13.0. The number of rotatable bonds is 6. The Hall–Kier alpha value is -2.20. The van der Waals surface area contributed by atoms with E-state index in [0.717, 1.165) is 5.69 Å². The molecule has 0 amide bonds. The van der Waals surface area contributed by atoms with Crippen molar-refractivity contribution in [3.8, 4) is 0 Å². The zero-order chi connectivity index (χ0) is 20.5. The first-order chi connectivity index (χ1) is 14.0. The summed E-state index contributed by atoms with van der Waals surface area (Å²) in [6.07, 6.45) is 0. The van der Waals surface area contributed by atoms with Crippen molar-refractivity contribution in [2.75, 3.05) is 13.7 Å². The molecule has 29 heavy (non-hydrogen) atoms. The van der Waals surface area contributed by atoms with Crippen LogP contribution in [-0.4, -0.2) is 32.7 Å². The molecule has 0 fully saturated rings. The minimum absolute atomic E-state index is 0.112. The number of methoxy groups -OCH3 is 1. The zero-order valence-corrected chi connectivity index (χ0v) is 18.1. The van der Waals surface area contributed by atoms with E-state index in [0.29, 0.717) is 50.6 Å². The van der Waals surface area contributed by atoms with E-state index in [1.807, 2.05) is 12.3 Å². The number of hydrogen-bond donors (Lipinski definition) is 0. The van der Waals surface area contributed by atoms with Crippen molar-refractivity contribution in [3.63, 3.8) is 0 Å². The second kappa shape index (κ2) is 8.27. The third kappa shape index (κ3) is 3.95. The maximum absolute atomic E-state index is 13.0. The van der Waals surface area contributed by atoms with Crippen LogP contribution in [0.4, 0.5) is 0 Å². The number of ether oxygens (including phenoxy) is 1. The smallest absolute Gasteiger partial charge is 0.262 e. The lowest BCUT2D eigenvalue weighted by Gasteiger charge is -2.12. The van der Waals surface area contributed by atoms with Crippen LogP contribution in [0.2, 0.25) is 5.02 Å². The number of thiazole rings is 1. The van der Waals surface area contributed by atoms with Gasteiger partial charge in [0.15, 0.2) is 10.1 Å². The molecule has 10 heteroatoms. The number of fused-ring (bicyclic) bond motifs is 2. The molecule has 0 aliphatic rings. The predicted octanol–water partition coefficient (Wildman–Crippen LogP) is 3.37. The van der Waals surface area contributed by atoms with Gasteiger partial charge in [-0.15, -0.1) is 11.3 Å². The number of hydrogen-bond acceptors (Lipinski definition) is 7. The summed E-state index contributed by atoms with van der Waals surface area (Å²) >= 11 is 8.85. The van der Waals surface area contributed by atoms with Crippen LogP contribution in [0.3, 0.4) is 0 Å². The highest BCUT2D eigenvalue weighted by molar-refractivity contribution is 7.98. The number of nitrogens with zero attached hydrogens (tertiary/aromatic N) is 4. The van der Waals surface area contributed by atoms with E-state index in [1.165, 1.54) is 29.2 Å². The summed E-state index contributed by atoms with van der Waals surface area (Å²) < 4.78 is 8.32. The monoisotopic (exact) mass is 448 g/mol. The number of thioether (sulfide) groups is 1. The Morgan fingerprint density at radius 3 is 2.86 bits per heavy atom. The van der Waals surface area contributed by atoms with Gasteiger partial charge in [-0.1, -0.05) is 23.4 Å². The Balaban J connectivity index is 1.72. The molecule has 0 aliphatic heterocycles. The minimum atomic E-state index is -0.149. The standard InChI is InChI=1S/C19H17ClN4O3S2/c1-11-9-28-19-21-13(8-16(25)24(11)19)10-29-18-22-15-7-12(20)3-4-14(15)17(26)23(18)5-6-27-2/h3-4,7-9H,5-6,10H2,1-2H3. The number of aromatic nitrogens is 4. The fraction of sp³-hybridized carbons (Fsp3) is 0.263. The first-order valence-electron chi connectivity index (χ1n) is 8.76. The first kappa shape index (κ1) is 20.1. The molecule has 150 valence electrons. The zero-order valence-electron chi connectivity index (χ0n) is 15.7. The molecule has 7 nitrogen and oxygen atoms in total. The van der Waals surface area contributed by atoms with Crippen molar-refractivity contribution >= 4 is 50.6 Å². The summed E-state index contributed by atoms with van der Waals surface area (Å²) in [4.78, 5) is 35.2. The largest absolute Gasteiger partial charge is 0.383 e. The summed E-state index contributed by atoms with van der Waals surface area (Å²) in [6.45, 7) is 2.64. The molecule has 0 bridgehead atoms. The lowest BCUT2D eigenvalue weighted by molar-refractivity contribution is 0.183. The molecule has 4 rings (SSSR count). The van der Waals surface area contributed by atoms with E-state index in [1.54, 1.807) is 34.3 Å². The van der Waals surface area contributed by atoms with Crippen molar-refractivity contribution < 1.29 is 4.74 Å². The van der Waals surface area contributed by atoms with E-state index in [-0.39, 0.29) is 11.1 Å². The van der Waals surface area contributed by atoms with Crippen LogP contribution in [0.1, 0.15) is 11.4 Å². The molecule has 1 aromatic carbocycles. The van der Waals surface area contributed by atoms with Gasteiger partial charge in [-0.05, 0) is 25.1 Å². The molecular formula is C19H17ClN4O3S2. The quantitative estimate of drug-likeness (QED) is 0.332. The molecule has 0 unspecified atom stereocenters. The second-order valence-corrected chi connectivity index (χ2v) is 8.59. The second-order valence-electron chi connectivity index (χ2n) is 6.37. The molecule has 0 N–H and O–H groups in total. The van der Waals surface area contributed by atoms with E-state index in [2.05, 4.69) is 9.97 Å². The van der Waals surface area contributed by atoms with Crippen molar-refractivity contribution in [1.82, 2.24) is 18.9 Å². The normalized spacial score (nSPS) is 11.6. The highest BCUT2D eigenvalue weighted by Gasteiger charge is 2.14. The minimum Gasteiger partial charge on any atom is -0.383 e. The van der Waals surface area contributed by atoms with Crippen LogP contribution in [-0.2, 0) is 17.0 Å². The van der Waals surface area contributed by atoms with Gasteiger partial charge >= 0.3 is 0 Å². The number of halogens is 1. The van der Waals surface area contributed by atoms with E-state index in [9.17, 15) is 9.59 Å². The molecule has 0 spiro atoms. The Labute approximate surface area is 178 Å². The van der Waals surface area contributed by atoms with Gasteiger partial charge in [0.05, 0.1) is 29.7 Å². The summed E-state index contributed by atoms with van der Waals surface area (Å²) in [6, 6.07) is 6.56. The van der Waals surface area contributed by atoms with Crippen LogP contribution >= 0.6 is 34.7 Å². The number of aryl methyl sites for hydroxylation is 1. The molecule has 3 aromatic heterocycles. The average molecular weight is 449 g/mol. The topological polar surface area (TPSA) is 78.5 Å². The summed E-state index contributed by atoms with van der Waals surface area (Å²) in [5, 5.41) is 3.45. The number of benzene rings is 1. The first-order valence-corrected chi connectivity index (χ1v) is 11.0. The SMILES string of the molecule is COCCn1c(SCc2cc(=O)n3c(C)csc3n2)nc2cc(Cl)ccc2c1=O. The Morgan fingerprint density at radius 1 is 1.24 bits per heavy atom. The van der Waals surface area contributed by atoms with E-state index < -0.39 is 0 Å². The van der Waals surface area contributed by atoms with Gasteiger partial charge in [0.25, 0.3) is 11.1 Å². The Kier molecular flexibility index (Phi) is 5.73. The fourth-order valence-corrected chi connectivity index (χ4v) is 4.95. The molecule has 0 atom stereocenters. The van der Waals surface area contributed by atoms with Crippen molar-refractivity contribution in [1.29, 1.82) is 0 Å². The highest BCUT2D eigenvalue weighted by atomic mass is 35.5. The lowest BCUT2D eigenvalue weighted by Crippen LogP contribution is -2.25. The maximum Gasteiger partial charge on any atom is 0.262 e. The third-order valence-corrected chi connectivity index (χ3v) is 6.57. The van der Waals surface area contributed by atoms with Crippen molar-refractivity contribution in [2.24, 2.45) is 0 Å². The van der Waals surface area contributed by atoms with E-state index >= 15 is 0 Å². The summed E-state index contributed by atoms with van der Waals surface area (Å²) in [5.74, 6) is 0.411. The molecule has 0 saturated heterocycles. The molecule has 4 aromatic rings. The summed E-state index contributed by atoms with van der Waals surface area (Å²) in [7, 11) is 1.59. The van der Waals surface area contributed by atoms with Crippen LogP contribution < -0.4 is 11.1 Å². The van der Waals surface area contributed by atoms with Crippen LogP contribution in [0.15, 0.2) is 44.4 Å². The van der Waals surface area contributed by atoms with Gasteiger partial charge in [0.1, 0.15) is 0 Å². The van der Waals surface area contributed by atoms with Crippen LogP contribution in [0.5, 0.6) is 0 Å². The van der Waals surface area contributed by atoms with Gasteiger partial charge in [-0.2, -0.15) is 0 Å². The van der Waals surface area contributed by atoms with Crippen molar-refractivity contribution in [3.05, 3.63) is 66.8 Å². The van der Waals surface area contributed by atoms with Gasteiger partial charge in [-0.25, -0.2) is 9.97 Å².